The number of aliphatic hydroxyl groups is 1. The first kappa shape index (κ1) is 10.1. The topological polar surface area (TPSA) is 59.1 Å². The van der Waals surface area contributed by atoms with Crippen LogP contribution in [0.3, 0.4) is 0 Å². The van der Waals surface area contributed by atoms with Crippen LogP contribution in [0.1, 0.15) is 23.7 Å². The normalized spacial score (nSPS) is 12.9. The second kappa shape index (κ2) is 4.30. The highest BCUT2D eigenvalue weighted by Gasteiger charge is 2.09. The molecule has 0 radical (unpaired) electrons. The third kappa shape index (κ3) is 2.47. The van der Waals surface area contributed by atoms with Crippen molar-refractivity contribution in [2.75, 3.05) is 6.61 Å². The van der Waals surface area contributed by atoms with Gasteiger partial charge in [-0.2, -0.15) is 4.39 Å². The summed E-state index contributed by atoms with van der Waals surface area (Å²) in [4.78, 5) is 3.65. The molecule has 1 heterocycles. The van der Waals surface area contributed by atoms with Gasteiger partial charge >= 0.3 is 0 Å². The van der Waals surface area contributed by atoms with Gasteiger partial charge in [0.25, 0.3) is 0 Å². The van der Waals surface area contributed by atoms with Crippen molar-refractivity contribution in [2.24, 2.45) is 5.73 Å². The highest BCUT2D eigenvalue weighted by Crippen LogP contribution is 2.16. The predicted octanol–water partition coefficient (Wildman–Crippen LogP) is 0.911. The van der Waals surface area contributed by atoms with E-state index in [9.17, 15) is 4.39 Å². The zero-order chi connectivity index (χ0) is 9.84. The van der Waals surface area contributed by atoms with Gasteiger partial charge in [0, 0.05) is 18.3 Å². The standard InChI is InChI=1S/C9H13FN2O/c1-6-7(8(11)4-5-13)2-3-9(10)12-6/h2-3,8,13H,4-5,11H2,1H3. The Hall–Kier alpha value is -1.00. The van der Waals surface area contributed by atoms with Crippen LogP contribution in [0.15, 0.2) is 12.1 Å². The molecule has 0 aromatic carbocycles. The molecule has 72 valence electrons. The van der Waals surface area contributed by atoms with E-state index in [-0.39, 0.29) is 12.6 Å². The van der Waals surface area contributed by atoms with Crippen LogP contribution in [0, 0.1) is 12.9 Å². The molecule has 3 nitrogen and oxygen atoms in total. The minimum Gasteiger partial charge on any atom is -0.396 e. The molecule has 1 rings (SSSR count). The van der Waals surface area contributed by atoms with Crippen LogP contribution in [0.25, 0.3) is 0 Å². The summed E-state index contributed by atoms with van der Waals surface area (Å²) in [5, 5.41) is 8.67. The molecular formula is C9H13FN2O. The molecule has 1 atom stereocenters. The third-order valence-electron chi connectivity index (χ3n) is 1.93. The zero-order valence-corrected chi connectivity index (χ0v) is 7.50. The van der Waals surface area contributed by atoms with E-state index >= 15 is 0 Å². The Morgan fingerprint density at radius 1 is 1.62 bits per heavy atom. The van der Waals surface area contributed by atoms with Crippen molar-refractivity contribution >= 4 is 0 Å². The summed E-state index contributed by atoms with van der Waals surface area (Å²) in [6.07, 6.45) is 0.466. The highest BCUT2D eigenvalue weighted by molar-refractivity contribution is 5.22. The number of nitrogens with two attached hydrogens (primary N) is 1. The van der Waals surface area contributed by atoms with Crippen molar-refractivity contribution in [3.05, 3.63) is 29.3 Å². The van der Waals surface area contributed by atoms with Crippen LogP contribution in [0.2, 0.25) is 0 Å². The van der Waals surface area contributed by atoms with Gasteiger partial charge in [-0.05, 0) is 25.0 Å². The van der Waals surface area contributed by atoms with E-state index < -0.39 is 5.95 Å². The lowest BCUT2D eigenvalue weighted by molar-refractivity contribution is 0.276. The van der Waals surface area contributed by atoms with Crippen LogP contribution >= 0.6 is 0 Å². The van der Waals surface area contributed by atoms with Crippen LogP contribution in [-0.4, -0.2) is 16.7 Å². The summed E-state index contributed by atoms with van der Waals surface area (Å²) in [6.45, 7) is 1.73. The summed E-state index contributed by atoms with van der Waals surface area (Å²) in [7, 11) is 0. The monoisotopic (exact) mass is 184 g/mol. The van der Waals surface area contributed by atoms with E-state index in [1.807, 2.05) is 0 Å². The number of aryl methyl sites for hydroxylation is 1. The molecule has 0 bridgehead atoms. The number of nitrogens with zero attached hydrogens (tertiary/aromatic N) is 1. The lowest BCUT2D eigenvalue weighted by Crippen LogP contribution is -2.14. The van der Waals surface area contributed by atoms with Gasteiger partial charge in [-0.1, -0.05) is 6.07 Å². The van der Waals surface area contributed by atoms with Crippen molar-refractivity contribution < 1.29 is 9.50 Å². The molecule has 1 aromatic heterocycles. The maximum absolute atomic E-state index is 12.6. The zero-order valence-electron chi connectivity index (χ0n) is 7.50. The van der Waals surface area contributed by atoms with E-state index in [2.05, 4.69) is 4.98 Å². The highest BCUT2D eigenvalue weighted by atomic mass is 19.1. The minimum absolute atomic E-state index is 0.0258. The Labute approximate surface area is 76.4 Å². The first-order valence-electron chi connectivity index (χ1n) is 4.14. The van der Waals surface area contributed by atoms with E-state index in [1.54, 1.807) is 13.0 Å². The van der Waals surface area contributed by atoms with Crippen molar-refractivity contribution in [1.82, 2.24) is 4.98 Å². The fraction of sp³-hybridized carbons (Fsp3) is 0.444. The van der Waals surface area contributed by atoms with Crippen molar-refractivity contribution in [3.63, 3.8) is 0 Å². The second-order valence-electron chi connectivity index (χ2n) is 2.93. The van der Waals surface area contributed by atoms with Crippen LogP contribution in [0.4, 0.5) is 4.39 Å². The average Bonchev–Trinajstić information content (AvgIpc) is 2.04. The Morgan fingerprint density at radius 3 is 2.85 bits per heavy atom. The first-order chi connectivity index (χ1) is 6.15. The Kier molecular flexibility index (Phi) is 3.33. The number of rotatable bonds is 3. The Balaban J connectivity index is 2.88. The van der Waals surface area contributed by atoms with Gasteiger partial charge in [0.2, 0.25) is 5.95 Å². The SMILES string of the molecule is Cc1nc(F)ccc1C(N)CCO. The molecule has 0 aliphatic carbocycles. The minimum atomic E-state index is -0.502. The first-order valence-corrected chi connectivity index (χ1v) is 4.14. The van der Waals surface area contributed by atoms with Crippen molar-refractivity contribution in [1.29, 1.82) is 0 Å². The number of aliphatic hydroxyl groups excluding tert-OH is 1. The van der Waals surface area contributed by atoms with Gasteiger partial charge in [-0.15, -0.1) is 0 Å². The molecule has 0 saturated carbocycles. The van der Waals surface area contributed by atoms with Crippen LogP contribution < -0.4 is 5.73 Å². The van der Waals surface area contributed by atoms with Crippen LogP contribution in [-0.2, 0) is 0 Å². The van der Waals surface area contributed by atoms with Gasteiger partial charge in [-0.25, -0.2) is 4.98 Å². The molecule has 4 heteroatoms. The number of pyridine rings is 1. The molecule has 3 N–H and O–H groups in total. The summed E-state index contributed by atoms with van der Waals surface area (Å²) >= 11 is 0. The second-order valence-corrected chi connectivity index (χ2v) is 2.93. The van der Waals surface area contributed by atoms with Gasteiger partial charge in [0.15, 0.2) is 0 Å². The predicted molar refractivity (Wildman–Crippen MR) is 47.6 cm³/mol. The maximum atomic E-state index is 12.6. The van der Waals surface area contributed by atoms with Gasteiger partial charge in [0.05, 0.1) is 0 Å². The maximum Gasteiger partial charge on any atom is 0.213 e. The molecule has 0 amide bonds. The number of aromatic nitrogens is 1. The molecule has 1 unspecified atom stereocenters. The molecule has 0 saturated heterocycles. The number of hydrogen-bond acceptors (Lipinski definition) is 3. The van der Waals surface area contributed by atoms with Gasteiger partial charge in [-0.3, -0.25) is 0 Å². The molecule has 0 spiro atoms. The van der Waals surface area contributed by atoms with Crippen molar-refractivity contribution in [2.45, 2.75) is 19.4 Å². The largest absolute Gasteiger partial charge is 0.396 e. The van der Waals surface area contributed by atoms with E-state index in [0.717, 1.165) is 5.56 Å². The third-order valence-corrected chi connectivity index (χ3v) is 1.93. The van der Waals surface area contributed by atoms with E-state index in [0.29, 0.717) is 12.1 Å². The molecule has 1 aromatic rings. The molecular weight excluding hydrogens is 171 g/mol. The van der Waals surface area contributed by atoms with Gasteiger partial charge in [0.1, 0.15) is 0 Å². The molecule has 0 fully saturated rings. The number of halogens is 1. The Bertz CT molecular complexity index is 291. The van der Waals surface area contributed by atoms with E-state index in [4.69, 9.17) is 10.8 Å². The molecule has 0 aliphatic rings. The smallest absolute Gasteiger partial charge is 0.213 e. The molecule has 13 heavy (non-hydrogen) atoms. The summed E-state index contributed by atoms with van der Waals surface area (Å²) in [5.74, 6) is -0.502. The lowest BCUT2D eigenvalue weighted by Gasteiger charge is -2.12. The summed E-state index contributed by atoms with van der Waals surface area (Å²) in [6, 6.07) is 2.62. The summed E-state index contributed by atoms with van der Waals surface area (Å²) in [5.41, 5.74) is 7.11. The average molecular weight is 184 g/mol. The fourth-order valence-electron chi connectivity index (χ4n) is 1.23. The molecule has 0 aliphatic heterocycles. The Morgan fingerprint density at radius 2 is 2.31 bits per heavy atom. The lowest BCUT2D eigenvalue weighted by atomic mass is 10.0. The quantitative estimate of drug-likeness (QED) is 0.686. The fourth-order valence-corrected chi connectivity index (χ4v) is 1.23. The number of hydrogen-bond donors (Lipinski definition) is 2. The van der Waals surface area contributed by atoms with Crippen molar-refractivity contribution in [3.8, 4) is 0 Å². The summed E-state index contributed by atoms with van der Waals surface area (Å²) < 4.78 is 12.6. The van der Waals surface area contributed by atoms with Crippen LogP contribution in [0.5, 0.6) is 0 Å². The van der Waals surface area contributed by atoms with E-state index in [1.165, 1.54) is 6.07 Å². The van der Waals surface area contributed by atoms with Gasteiger partial charge < -0.3 is 10.8 Å².